The lowest BCUT2D eigenvalue weighted by Gasteiger charge is -2.28. The molecule has 1 aliphatic rings. The van der Waals surface area contributed by atoms with Crippen LogP contribution in [0.3, 0.4) is 0 Å². The van der Waals surface area contributed by atoms with E-state index in [0.717, 1.165) is 0 Å². The fourth-order valence-electron chi connectivity index (χ4n) is 1.83. The Morgan fingerprint density at radius 2 is 2.20 bits per heavy atom. The number of hydrogen-bond donors (Lipinski definition) is 1. The summed E-state index contributed by atoms with van der Waals surface area (Å²) in [5, 5.41) is 9.03. The third-order valence-corrected chi connectivity index (χ3v) is 3.98. The maximum Gasteiger partial charge on any atom is 0.232 e. The summed E-state index contributed by atoms with van der Waals surface area (Å²) < 4.78 is 0. The highest BCUT2D eigenvalue weighted by molar-refractivity contribution is 7.99. The van der Waals surface area contributed by atoms with Crippen LogP contribution in [0.1, 0.15) is 20.3 Å². The lowest BCUT2D eigenvalue weighted by atomic mass is 10.1. The molecule has 2 amide bonds. The molecule has 0 aromatic carbocycles. The molecule has 5 heteroatoms. The van der Waals surface area contributed by atoms with Crippen molar-refractivity contribution in [3.8, 4) is 0 Å². The van der Waals surface area contributed by atoms with E-state index in [1.807, 2.05) is 13.2 Å². The molecular formula is C10H17NO3S. The van der Waals surface area contributed by atoms with Gasteiger partial charge in [-0.1, -0.05) is 6.92 Å². The normalized spacial score (nSPS) is 25.9. The summed E-state index contributed by atoms with van der Waals surface area (Å²) in [4.78, 5) is 24.6. The molecule has 4 nitrogen and oxygen atoms in total. The molecule has 1 heterocycles. The van der Waals surface area contributed by atoms with E-state index in [9.17, 15) is 9.59 Å². The molecule has 1 N–H and O–H groups in total. The topological polar surface area (TPSA) is 57.6 Å². The third kappa shape index (κ3) is 2.34. The number of carbonyl (C=O) groups is 2. The van der Waals surface area contributed by atoms with Crippen LogP contribution in [0, 0.1) is 5.92 Å². The van der Waals surface area contributed by atoms with Gasteiger partial charge in [-0.2, -0.15) is 11.8 Å². The van der Waals surface area contributed by atoms with Crippen LogP contribution in [0.5, 0.6) is 0 Å². The zero-order valence-corrected chi connectivity index (χ0v) is 10.1. The molecule has 0 saturated carbocycles. The summed E-state index contributed by atoms with van der Waals surface area (Å²) in [6, 6.07) is -0.227. The van der Waals surface area contributed by atoms with Crippen LogP contribution in [0.15, 0.2) is 0 Å². The number of amides is 2. The molecule has 3 unspecified atom stereocenters. The van der Waals surface area contributed by atoms with Crippen LogP contribution in [0.25, 0.3) is 0 Å². The molecule has 1 rings (SSSR count). The minimum atomic E-state index is -0.227. The minimum Gasteiger partial charge on any atom is -0.395 e. The first kappa shape index (κ1) is 12.5. The van der Waals surface area contributed by atoms with Crippen LogP contribution in [0.2, 0.25) is 0 Å². The number of hydrogen-bond acceptors (Lipinski definition) is 4. The van der Waals surface area contributed by atoms with Crippen LogP contribution < -0.4 is 0 Å². The molecule has 0 aliphatic carbocycles. The van der Waals surface area contributed by atoms with E-state index in [-0.39, 0.29) is 35.6 Å². The van der Waals surface area contributed by atoms with Gasteiger partial charge in [-0.25, -0.2) is 0 Å². The van der Waals surface area contributed by atoms with Gasteiger partial charge in [0, 0.05) is 17.6 Å². The summed E-state index contributed by atoms with van der Waals surface area (Å²) in [5.41, 5.74) is 0. The average Bonchev–Trinajstić information content (AvgIpc) is 2.43. The number of thioether (sulfide) groups is 1. The van der Waals surface area contributed by atoms with Gasteiger partial charge in [-0.15, -0.1) is 0 Å². The minimum absolute atomic E-state index is 0.0201. The highest BCUT2D eigenvalue weighted by Crippen LogP contribution is 2.25. The highest BCUT2D eigenvalue weighted by Gasteiger charge is 2.40. The van der Waals surface area contributed by atoms with E-state index in [1.54, 1.807) is 6.92 Å². The van der Waals surface area contributed by atoms with E-state index >= 15 is 0 Å². The van der Waals surface area contributed by atoms with Crippen molar-refractivity contribution in [3.63, 3.8) is 0 Å². The Balaban J connectivity index is 2.78. The fourth-order valence-corrected chi connectivity index (χ4v) is 2.49. The van der Waals surface area contributed by atoms with Crippen molar-refractivity contribution in [1.29, 1.82) is 0 Å². The second-order valence-corrected chi connectivity index (χ2v) is 4.98. The Morgan fingerprint density at radius 1 is 1.60 bits per heavy atom. The first-order chi connectivity index (χ1) is 7.02. The quantitative estimate of drug-likeness (QED) is 0.716. The largest absolute Gasteiger partial charge is 0.395 e. The van der Waals surface area contributed by atoms with Crippen LogP contribution in [-0.2, 0) is 9.59 Å². The van der Waals surface area contributed by atoms with Gasteiger partial charge in [0.25, 0.3) is 0 Å². The predicted molar refractivity (Wildman–Crippen MR) is 59.5 cm³/mol. The first-order valence-electron chi connectivity index (χ1n) is 5.02. The molecule has 1 fully saturated rings. The molecular weight excluding hydrogens is 214 g/mol. The summed E-state index contributed by atoms with van der Waals surface area (Å²) in [5.74, 6) is -0.436. The Morgan fingerprint density at radius 3 is 2.53 bits per heavy atom. The molecule has 15 heavy (non-hydrogen) atoms. The number of nitrogens with zero attached hydrogens (tertiary/aromatic N) is 1. The number of aliphatic hydroxyl groups excluding tert-OH is 1. The van der Waals surface area contributed by atoms with Crippen molar-refractivity contribution in [2.75, 3.05) is 12.9 Å². The van der Waals surface area contributed by atoms with Gasteiger partial charge in [0.2, 0.25) is 11.8 Å². The summed E-state index contributed by atoms with van der Waals surface area (Å²) in [7, 11) is 0. The Kier molecular flexibility index (Phi) is 4.16. The summed E-state index contributed by atoms with van der Waals surface area (Å²) >= 11 is 1.47. The number of imide groups is 1. The van der Waals surface area contributed by atoms with E-state index in [1.165, 1.54) is 16.7 Å². The van der Waals surface area contributed by atoms with Crippen LogP contribution in [-0.4, -0.2) is 46.0 Å². The number of aliphatic hydroxyl groups is 1. The number of rotatable bonds is 4. The molecule has 0 aromatic heterocycles. The van der Waals surface area contributed by atoms with Crippen molar-refractivity contribution >= 4 is 23.6 Å². The van der Waals surface area contributed by atoms with Crippen molar-refractivity contribution in [1.82, 2.24) is 4.90 Å². The fraction of sp³-hybridized carbons (Fsp3) is 0.800. The smallest absolute Gasteiger partial charge is 0.232 e. The monoisotopic (exact) mass is 231 g/mol. The number of carbonyl (C=O) groups excluding carboxylic acids is 2. The Labute approximate surface area is 94.0 Å². The molecule has 0 radical (unpaired) electrons. The number of likely N-dealkylation sites (tertiary alicyclic amines) is 1. The maximum atomic E-state index is 11.7. The summed E-state index contributed by atoms with van der Waals surface area (Å²) in [6.45, 7) is 3.55. The van der Waals surface area contributed by atoms with Gasteiger partial charge in [0.05, 0.1) is 12.6 Å². The molecule has 0 aromatic rings. The molecule has 0 bridgehead atoms. The molecule has 1 aliphatic heterocycles. The van der Waals surface area contributed by atoms with Gasteiger partial charge in [0.15, 0.2) is 0 Å². The molecule has 3 atom stereocenters. The van der Waals surface area contributed by atoms with Gasteiger partial charge in [-0.3, -0.25) is 14.5 Å². The highest BCUT2D eigenvalue weighted by atomic mass is 32.2. The van der Waals surface area contributed by atoms with Gasteiger partial charge < -0.3 is 5.11 Å². The standard InChI is InChI=1S/C10H17NO3S/c1-6-4-9(13)11(10(6)14)7(2)8(5-12)15-3/h6-8,12H,4-5H2,1-3H3. The molecule has 1 saturated heterocycles. The zero-order chi connectivity index (χ0) is 11.6. The average molecular weight is 231 g/mol. The van der Waals surface area contributed by atoms with Crippen molar-refractivity contribution < 1.29 is 14.7 Å². The second-order valence-electron chi connectivity index (χ2n) is 3.90. The lowest BCUT2D eigenvalue weighted by molar-refractivity contribution is -0.141. The first-order valence-corrected chi connectivity index (χ1v) is 6.31. The Hall–Kier alpha value is -0.550. The van der Waals surface area contributed by atoms with Gasteiger partial charge in [0.1, 0.15) is 0 Å². The molecule has 0 spiro atoms. The Bertz CT molecular complexity index is 265. The second kappa shape index (κ2) is 4.99. The SMILES string of the molecule is CSC(CO)C(C)N1C(=O)CC(C)C1=O. The van der Waals surface area contributed by atoms with Crippen molar-refractivity contribution in [2.24, 2.45) is 5.92 Å². The zero-order valence-electron chi connectivity index (χ0n) is 9.27. The van der Waals surface area contributed by atoms with E-state index < -0.39 is 0 Å². The van der Waals surface area contributed by atoms with Crippen molar-refractivity contribution in [3.05, 3.63) is 0 Å². The molecule has 86 valence electrons. The lowest BCUT2D eigenvalue weighted by Crippen LogP contribution is -2.45. The van der Waals surface area contributed by atoms with Gasteiger partial charge >= 0.3 is 0 Å². The predicted octanol–water partition coefficient (Wildman–Crippen LogP) is 0.494. The van der Waals surface area contributed by atoms with E-state index in [2.05, 4.69) is 0 Å². The summed E-state index contributed by atoms with van der Waals surface area (Å²) in [6.07, 6.45) is 2.17. The van der Waals surface area contributed by atoms with E-state index in [0.29, 0.717) is 6.42 Å². The third-order valence-electron chi connectivity index (χ3n) is 2.84. The van der Waals surface area contributed by atoms with Crippen LogP contribution >= 0.6 is 11.8 Å². The van der Waals surface area contributed by atoms with Gasteiger partial charge in [-0.05, 0) is 13.2 Å². The van der Waals surface area contributed by atoms with Crippen LogP contribution in [0.4, 0.5) is 0 Å². The maximum absolute atomic E-state index is 11.7. The van der Waals surface area contributed by atoms with E-state index in [4.69, 9.17) is 5.11 Å². The van der Waals surface area contributed by atoms with Crippen molar-refractivity contribution in [2.45, 2.75) is 31.6 Å².